The van der Waals surface area contributed by atoms with Gasteiger partial charge in [-0.1, -0.05) is 60.2 Å². The number of amides is 1. The molecule has 0 radical (unpaired) electrons. The molecular formula is C28H31NO5. The van der Waals surface area contributed by atoms with Crippen molar-refractivity contribution in [3.8, 4) is 11.1 Å². The SMILES string of the molecule is O=C(OCC1c2ccccc2-c2ccccc21)N1C2C=C(CCC3OCCCO3)CC1COC2. The Balaban J connectivity index is 1.12. The highest BCUT2D eigenvalue weighted by Gasteiger charge is 2.39. The molecule has 34 heavy (non-hydrogen) atoms. The molecule has 0 spiro atoms. The molecule has 6 heteroatoms. The first-order valence-corrected chi connectivity index (χ1v) is 12.4. The van der Waals surface area contributed by atoms with Gasteiger partial charge in [0.2, 0.25) is 0 Å². The summed E-state index contributed by atoms with van der Waals surface area (Å²) >= 11 is 0. The average Bonchev–Trinajstić information content (AvgIpc) is 3.20. The van der Waals surface area contributed by atoms with Gasteiger partial charge in [-0.05, 0) is 41.5 Å². The van der Waals surface area contributed by atoms with Crippen molar-refractivity contribution in [3.05, 3.63) is 71.3 Å². The summed E-state index contributed by atoms with van der Waals surface area (Å²) in [5.74, 6) is 0.0684. The van der Waals surface area contributed by atoms with E-state index in [9.17, 15) is 4.79 Å². The zero-order chi connectivity index (χ0) is 22.9. The Morgan fingerprint density at radius 2 is 1.68 bits per heavy atom. The van der Waals surface area contributed by atoms with Crippen LogP contribution in [0.1, 0.15) is 42.7 Å². The molecular weight excluding hydrogens is 430 g/mol. The zero-order valence-corrected chi connectivity index (χ0v) is 19.4. The van der Waals surface area contributed by atoms with E-state index in [4.69, 9.17) is 18.9 Å². The predicted molar refractivity (Wildman–Crippen MR) is 128 cm³/mol. The minimum Gasteiger partial charge on any atom is -0.448 e. The van der Waals surface area contributed by atoms with E-state index in [0.717, 1.165) is 38.9 Å². The molecule has 3 aliphatic heterocycles. The number of ether oxygens (including phenoxy) is 4. The van der Waals surface area contributed by atoms with Crippen LogP contribution in [-0.4, -0.2) is 62.4 Å². The molecule has 0 aromatic heterocycles. The van der Waals surface area contributed by atoms with Crippen LogP contribution in [0.4, 0.5) is 4.79 Å². The Labute approximate surface area is 200 Å². The largest absolute Gasteiger partial charge is 0.448 e. The van der Waals surface area contributed by atoms with E-state index in [2.05, 4.69) is 54.6 Å². The highest BCUT2D eigenvalue weighted by Crippen LogP contribution is 2.44. The molecule has 6 rings (SSSR count). The predicted octanol–water partition coefficient (Wildman–Crippen LogP) is 4.88. The highest BCUT2D eigenvalue weighted by molar-refractivity contribution is 5.79. The van der Waals surface area contributed by atoms with Crippen molar-refractivity contribution in [2.75, 3.05) is 33.0 Å². The fourth-order valence-corrected chi connectivity index (χ4v) is 5.83. The van der Waals surface area contributed by atoms with E-state index in [1.54, 1.807) is 0 Å². The summed E-state index contributed by atoms with van der Waals surface area (Å²) in [6.45, 7) is 2.96. The number of rotatable bonds is 5. The monoisotopic (exact) mass is 461 g/mol. The molecule has 2 saturated heterocycles. The van der Waals surface area contributed by atoms with Gasteiger partial charge in [-0.15, -0.1) is 0 Å². The third-order valence-corrected chi connectivity index (χ3v) is 7.42. The van der Waals surface area contributed by atoms with E-state index in [-0.39, 0.29) is 30.4 Å². The van der Waals surface area contributed by atoms with Gasteiger partial charge in [0.25, 0.3) is 0 Å². The number of hydrogen-bond donors (Lipinski definition) is 0. The van der Waals surface area contributed by atoms with Crippen molar-refractivity contribution in [1.82, 2.24) is 4.90 Å². The minimum atomic E-state index is -0.241. The summed E-state index contributed by atoms with van der Waals surface area (Å²) in [4.78, 5) is 15.2. The molecule has 2 fully saturated rings. The van der Waals surface area contributed by atoms with Crippen molar-refractivity contribution < 1.29 is 23.7 Å². The van der Waals surface area contributed by atoms with Crippen LogP contribution in [-0.2, 0) is 18.9 Å². The summed E-state index contributed by atoms with van der Waals surface area (Å²) < 4.78 is 23.1. The number of nitrogens with zero attached hydrogens (tertiary/aromatic N) is 1. The number of carbonyl (C=O) groups is 1. The topological polar surface area (TPSA) is 57.2 Å². The first-order chi connectivity index (χ1) is 16.8. The molecule has 1 amide bonds. The first kappa shape index (κ1) is 21.8. The molecule has 4 aliphatic rings. The van der Waals surface area contributed by atoms with E-state index < -0.39 is 0 Å². The van der Waals surface area contributed by atoms with Gasteiger partial charge in [-0.2, -0.15) is 0 Å². The Hall–Kier alpha value is -2.67. The summed E-state index contributed by atoms with van der Waals surface area (Å²) in [6.07, 6.45) is 5.41. The second-order valence-electron chi connectivity index (χ2n) is 9.56. The minimum absolute atomic E-state index is 0.0163. The molecule has 2 atom stereocenters. The number of fused-ring (bicyclic) bond motifs is 5. The molecule has 0 N–H and O–H groups in total. The normalized spacial score (nSPS) is 24.4. The molecule has 3 heterocycles. The van der Waals surface area contributed by atoms with Gasteiger partial charge in [-0.25, -0.2) is 4.79 Å². The maximum absolute atomic E-state index is 13.3. The third-order valence-electron chi connectivity index (χ3n) is 7.42. The smallest absolute Gasteiger partial charge is 0.410 e. The fraction of sp³-hybridized carbons (Fsp3) is 0.464. The van der Waals surface area contributed by atoms with Crippen molar-refractivity contribution in [3.63, 3.8) is 0 Å². The van der Waals surface area contributed by atoms with Crippen molar-refractivity contribution in [2.45, 2.75) is 50.0 Å². The lowest BCUT2D eigenvalue weighted by Gasteiger charge is -2.44. The van der Waals surface area contributed by atoms with Gasteiger partial charge < -0.3 is 18.9 Å². The lowest BCUT2D eigenvalue weighted by atomic mass is 9.92. The van der Waals surface area contributed by atoms with Crippen LogP contribution >= 0.6 is 0 Å². The summed E-state index contributed by atoms with van der Waals surface area (Å²) in [7, 11) is 0. The van der Waals surface area contributed by atoms with Gasteiger partial charge >= 0.3 is 6.09 Å². The Kier molecular flexibility index (Phi) is 6.12. The maximum Gasteiger partial charge on any atom is 0.410 e. The van der Waals surface area contributed by atoms with Crippen LogP contribution in [0.2, 0.25) is 0 Å². The van der Waals surface area contributed by atoms with Crippen LogP contribution in [0, 0.1) is 0 Å². The molecule has 178 valence electrons. The Morgan fingerprint density at radius 1 is 0.971 bits per heavy atom. The quantitative estimate of drug-likeness (QED) is 0.594. The molecule has 2 aromatic rings. The zero-order valence-electron chi connectivity index (χ0n) is 19.4. The number of benzene rings is 2. The van der Waals surface area contributed by atoms with Crippen molar-refractivity contribution >= 4 is 6.09 Å². The molecule has 2 unspecified atom stereocenters. The van der Waals surface area contributed by atoms with E-state index in [1.807, 2.05) is 4.90 Å². The lowest BCUT2D eigenvalue weighted by molar-refractivity contribution is -0.180. The van der Waals surface area contributed by atoms with Gasteiger partial charge in [0.05, 0.1) is 38.5 Å². The van der Waals surface area contributed by atoms with Gasteiger partial charge in [0.1, 0.15) is 6.61 Å². The Bertz CT molecular complexity index is 1030. The molecule has 2 bridgehead atoms. The van der Waals surface area contributed by atoms with Crippen LogP contribution in [0.5, 0.6) is 0 Å². The van der Waals surface area contributed by atoms with E-state index in [1.165, 1.54) is 27.8 Å². The molecule has 6 nitrogen and oxygen atoms in total. The maximum atomic E-state index is 13.3. The Morgan fingerprint density at radius 3 is 2.38 bits per heavy atom. The number of hydrogen-bond acceptors (Lipinski definition) is 5. The molecule has 1 aliphatic carbocycles. The van der Waals surface area contributed by atoms with Gasteiger partial charge in [-0.3, -0.25) is 4.90 Å². The molecule has 2 aromatic carbocycles. The van der Waals surface area contributed by atoms with Crippen molar-refractivity contribution in [1.29, 1.82) is 0 Å². The summed E-state index contributed by atoms with van der Waals surface area (Å²) in [5.41, 5.74) is 6.29. The van der Waals surface area contributed by atoms with Gasteiger partial charge in [0.15, 0.2) is 6.29 Å². The van der Waals surface area contributed by atoms with Crippen LogP contribution in [0.25, 0.3) is 11.1 Å². The summed E-state index contributed by atoms with van der Waals surface area (Å²) in [5, 5.41) is 0. The number of morpholine rings is 1. The standard InChI is InChI=1S/C28H31NO5/c30-28(34-18-26-24-8-3-1-6-22(24)23-7-2-4-9-25(23)26)29-20-14-19(15-21(29)17-31-16-20)10-11-27-32-12-5-13-33-27/h1-4,6-9,14,20-21,26-27H,5,10-13,15-18H2. The van der Waals surface area contributed by atoms with E-state index in [0.29, 0.717) is 19.8 Å². The van der Waals surface area contributed by atoms with Gasteiger partial charge in [0, 0.05) is 12.3 Å². The highest BCUT2D eigenvalue weighted by atomic mass is 16.7. The lowest BCUT2D eigenvalue weighted by Crippen LogP contribution is -2.56. The fourth-order valence-electron chi connectivity index (χ4n) is 5.83. The van der Waals surface area contributed by atoms with Crippen LogP contribution < -0.4 is 0 Å². The second kappa shape index (κ2) is 9.53. The van der Waals surface area contributed by atoms with Crippen LogP contribution in [0.15, 0.2) is 60.2 Å². The van der Waals surface area contributed by atoms with E-state index >= 15 is 0 Å². The number of carbonyl (C=O) groups excluding carboxylic acids is 1. The second-order valence-corrected chi connectivity index (χ2v) is 9.56. The third kappa shape index (κ3) is 4.15. The van der Waals surface area contributed by atoms with Crippen LogP contribution in [0.3, 0.4) is 0 Å². The average molecular weight is 462 g/mol. The van der Waals surface area contributed by atoms with Crippen molar-refractivity contribution in [2.24, 2.45) is 0 Å². The first-order valence-electron chi connectivity index (χ1n) is 12.4. The molecule has 0 saturated carbocycles. The summed E-state index contributed by atoms with van der Waals surface area (Å²) in [6, 6.07) is 16.8.